The number of likely N-dealkylation sites (tertiary alicyclic amines) is 1. The summed E-state index contributed by atoms with van der Waals surface area (Å²) in [7, 11) is 1.71. The Kier molecular flexibility index (Phi) is 6.94. The summed E-state index contributed by atoms with van der Waals surface area (Å²) in [6.45, 7) is 11.6. The molecule has 0 unspecified atom stereocenters. The van der Waals surface area contributed by atoms with Gasteiger partial charge in [0.25, 0.3) is 0 Å². The number of benzene rings is 1. The molecule has 122 valence electrons. The largest absolute Gasteiger partial charge is 0.497 e. The summed E-state index contributed by atoms with van der Waals surface area (Å²) in [6, 6.07) is 8.33. The summed E-state index contributed by atoms with van der Waals surface area (Å²) in [5.41, 5.74) is 2.83. The molecule has 1 aromatic rings. The number of methoxy groups -OCH3 is 1. The minimum absolute atomic E-state index is 0.923. The van der Waals surface area contributed by atoms with Crippen molar-refractivity contribution in [3.05, 3.63) is 35.4 Å². The van der Waals surface area contributed by atoms with Crippen molar-refractivity contribution in [2.24, 2.45) is 0 Å². The van der Waals surface area contributed by atoms with Crippen molar-refractivity contribution in [1.29, 1.82) is 0 Å². The third-order valence-corrected chi connectivity index (χ3v) is 4.51. The average Bonchev–Trinajstić information content (AvgIpc) is 3.00. The zero-order chi connectivity index (χ0) is 15.8. The van der Waals surface area contributed by atoms with Gasteiger partial charge in [-0.25, -0.2) is 0 Å². The first kappa shape index (κ1) is 17.0. The van der Waals surface area contributed by atoms with Gasteiger partial charge in [0, 0.05) is 13.1 Å². The lowest BCUT2D eigenvalue weighted by atomic mass is 10.1. The van der Waals surface area contributed by atoms with Crippen LogP contribution in [0.3, 0.4) is 0 Å². The van der Waals surface area contributed by atoms with Gasteiger partial charge in [-0.05, 0) is 56.7 Å². The molecule has 0 saturated carbocycles. The molecule has 1 aromatic carbocycles. The van der Waals surface area contributed by atoms with Crippen molar-refractivity contribution < 1.29 is 4.74 Å². The van der Waals surface area contributed by atoms with Gasteiger partial charge in [0.1, 0.15) is 5.75 Å². The van der Waals surface area contributed by atoms with E-state index >= 15 is 0 Å². The molecule has 1 heterocycles. The first-order valence-electron chi connectivity index (χ1n) is 8.53. The Morgan fingerprint density at radius 2 is 1.91 bits per heavy atom. The van der Waals surface area contributed by atoms with Crippen LogP contribution in [0, 0.1) is 0 Å². The Bertz CT molecular complexity index is 463. The second-order valence-electron chi connectivity index (χ2n) is 5.98. The Morgan fingerprint density at radius 1 is 1.18 bits per heavy atom. The third-order valence-electron chi connectivity index (χ3n) is 4.51. The Balaban J connectivity index is 1.77. The van der Waals surface area contributed by atoms with Crippen LogP contribution in [0.4, 0.5) is 0 Å². The maximum atomic E-state index is 5.21. The van der Waals surface area contributed by atoms with E-state index in [1.807, 2.05) is 12.1 Å². The summed E-state index contributed by atoms with van der Waals surface area (Å²) in [4.78, 5) is 5.09. The number of hydrogen-bond acceptors (Lipinski definition) is 3. The standard InChI is InChI=1S/C19H30N2O/c1-4-20(5-2)12-6-13-21-14-11-18(16-21)15-17-7-9-19(22-3)10-8-17/h7-10,15H,4-6,11-14,16H2,1-3H3/b18-15-. The smallest absolute Gasteiger partial charge is 0.118 e. The highest BCUT2D eigenvalue weighted by atomic mass is 16.5. The first-order valence-corrected chi connectivity index (χ1v) is 8.53. The summed E-state index contributed by atoms with van der Waals surface area (Å²) in [5, 5.41) is 0. The van der Waals surface area contributed by atoms with Crippen LogP contribution in [0.25, 0.3) is 6.08 Å². The van der Waals surface area contributed by atoms with Gasteiger partial charge in [0.2, 0.25) is 0 Å². The Labute approximate surface area is 135 Å². The molecule has 0 atom stereocenters. The first-order chi connectivity index (χ1) is 10.7. The molecule has 0 amide bonds. The van der Waals surface area contributed by atoms with Gasteiger partial charge < -0.3 is 9.64 Å². The number of nitrogens with zero attached hydrogens (tertiary/aromatic N) is 2. The van der Waals surface area contributed by atoms with Gasteiger partial charge in [-0.3, -0.25) is 4.90 Å². The highest BCUT2D eigenvalue weighted by molar-refractivity contribution is 5.54. The van der Waals surface area contributed by atoms with Crippen LogP contribution in [-0.4, -0.2) is 56.2 Å². The molecule has 1 aliphatic heterocycles. The lowest BCUT2D eigenvalue weighted by Gasteiger charge is -2.20. The minimum atomic E-state index is 0.923. The van der Waals surface area contributed by atoms with Crippen LogP contribution >= 0.6 is 0 Å². The predicted octanol–water partition coefficient (Wildman–Crippen LogP) is 3.52. The van der Waals surface area contributed by atoms with Crippen LogP contribution in [0.2, 0.25) is 0 Å². The lowest BCUT2D eigenvalue weighted by Crippen LogP contribution is -2.28. The topological polar surface area (TPSA) is 15.7 Å². The molecule has 0 spiro atoms. The molecule has 0 N–H and O–H groups in total. The Morgan fingerprint density at radius 3 is 2.55 bits per heavy atom. The van der Waals surface area contributed by atoms with E-state index in [0.29, 0.717) is 0 Å². The lowest BCUT2D eigenvalue weighted by molar-refractivity contribution is 0.265. The molecule has 1 saturated heterocycles. The molecule has 0 radical (unpaired) electrons. The number of ether oxygens (including phenoxy) is 1. The van der Waals surface area contributed by atoms with Gasteiger partial charge >= 0.3 is 0 Å². The van der Waals surface area contributed by atoms with Gasteiger partial charge in [-0.15, -0.1) is 0 Å². The molecule has 1 aliphatic rings. The van der Waals surface area contributed by atoms with Crippen molar-refractivity contribution in [2.75, 3.05) is 46.4 Å². The highest BCUT2D eigenvalue weighted by Gasteiger charge is 2.16. The second kappa shape index (κ2) is 8.96. The van der Waals surface area contributed by atoms with Crippen molar-refractivity contribution in [3.8, 4) is 5.75 Å². The van der Waals surface area contributed by atoms with Gasteiger partial charge in [-0.2, -0.15) is 0 Å². The minimum Gasteiger partial charge on any atom is -0.497 e. The van der Waals surface area contributed by atoms with Crippen LogP contribution in [0.15, 0.2) is 29.8 Å². The SMILES string of the molecule is CCN(CC)CCCN1CC/C(=C/c2ccc(OC)cc2)C1. The molecule has 0 aromatic heterocycles. The molecule has 0 bridgehead atoms. The van der Waals surface area contributed by atoms with Gasteiger partial charge in [0.05, 0.1) is 7.11 Å². The summed E-state index contributed by atoms with van der Waals surface area (Å²) in [6.07, 6.45) is 4.82. The van der Waals surface area contributed by atoms with E-state index in [2.05, 4.69) is 41.9 Å². The zero-order valence-electron chi connectivity index (χ0n) is 14.3. The summed E-state index contributed by atoms with van der Waals surface area (Å²) >= 11 is 0. The molecule has 2 rings (SSSR count). The van der Waals surface area contributed by atoms with E-state index in [9.17, 15) is 0 Å². The van der Waals surface area contributed by atoms with E-state index in [0.717, 1.165) is 12.3 Å². The van der Waals surface area contributed by atoms with E-state index in [1.165, 1.54) is 51.1 Å². The van der Waals surface area contributed by atoms with Crippen molar-refractivity contribution in [2.45, 2.75) is 26.7 Å². The fourth-order valence-electron chi connectivity index (χ4n) is 3.05. The van der Waals surface area contributed by atoms with E-state index in [-0.39, 0.29) is 0 Å². The van der Waals surface area contributed by atoms with E-state index in [1.54, 1.807) is 12.7 Å². The van der Waals surface area contributed by atoms with Crippen molar-refractivity contribution >= 4 is 6.08 Å². The fourth-order valence-corrected chi connectivity index (χ4v) is 3.05. The molecular formula is C19H30N2O. The monoisotopic (exact) mass is 302 g/mol. The van der Waals surface area contributed by atoms with Crippen LogP contribution in [0.5, 0.6) is 5.75 Å². The van der Waals surface area contributed by atoms with Crippen LogP contribution in [-0.2, 0) is 0 Å². The maximum absolute atomic E-state index is 5.21. The molecule has 1 fully saturated rings. The maximum Gasteiger partial charge on any atom is 0.118 e. The molecule has 3 heteroatoms. The quantitative estimate of drug-likeness (QED) is 0.731. The molecule has 0 aliphatic carbocycles. The number of hydrogen-bond donors (Lipinski definition) is 0. The summed E-state index contributed by atoms with van der Waals surface area (Å²) in [5.74, 6) is 0.923. The summed E-state index contributed by atoms with van der Waals surface area (Å²) < 4.78 is 5.21. The highest BCUT2D eigenvalue weighted by Crippen LogP contribution is 2.20. The normalized spacial score (nSPS) is 17.5. The predicted molar refractivity (Wildman–Crippen MR) is 94.4 cm³/mol. The zero-order valence-corrected chi connectivity index (χ0v) is 14.3. The van der Waals surface area contributed by atoms with E-state index in [4.69, 9.17) is 4.74 Å². The van der Waals surface area contributed by atoms with E-state index < -0.39 is 0 Å². The third kappa shape index (κ3) is 5.15. The van der Waals surface area contributed by atoms with Gasteiger partial charge in [-0.1, -0.05) is 37.6 Å². The van der Waals surface area contributed by atoms with Crippen molar-refractivity contribution in [1.82, 2.24) is 9.80 Å². The van der Waals surface area contributed by atoms with Gasteiger partial charge in [0.15, 0.2) is 0 Å². The van der Waals surface area contributed by atoms with Crippen LogP contribution < -0.4 is 4.74 Å². The second-order valence-corrected chi connectivity index (χ2v) is 5.98. The molecule has 22 heavy (non-hydrogen) atoms. The number of rotatable bonds is 8. The molecule has 3 nitrogen and oxygen atoms in total. The van der Waals surface area contributed by atoms with Crippen LogP contribution in [0.1, 0.15) is 32.3 Å². The average molecular weight is 302 g/mol. The Hall–Kier alpha value is -1.32. The fraction of sp³-hybridized carbons (Fsp3) is 0.579. The van der Waals surface area contributed by atoms with Crippen molar-refractivity contribution in [3.63, 3.8) is 0 Å². The molecular weight excluding hydrogens is 272 g/mol.